The van der Waals surface area contributed by atoms with Crippen molar-refractivity contribution in [1.29, 1.82) is 0 Å². The average Bonchev–Trinajstić information content (AvgIpc) is 3.93. The maximum absolute atomic E-state index is 6.50. The number of furan rings is 2. The van der Waals surface area contributed by atoms with E-state index in [4.69, 9.17) is 27.8 Å². The predicted octanol–water partition coefficient (Wildman–Crippen LogP) is 10.4. The van der Waals surface area contributed by atoms with Crippen molar-refractivity contribution in [3.05, 3.63) is 151 Å². The Balaban J connectivity index is 1.08. The standard InChI is InChI=1S/C51H35BN2O6/c1-30-21-41-51-42(22-30)54(36-14-16-45-48(27-36)56-18-17-55-45)40-29-50-49(57-19-20-58-50)28-38(40)52(51)37-15-13-34(47-26-33-8-3-5-12-44(33)60-47)24-39(37)53(41)35-10-6-9-31(23-35)46-25-32-7-2-4-11-43(32)59-46/h2-16,21-29H,17-20H2,1H3. The highest BCUT2D eigenvalue weighted by Crippen LogP contribution is 2.49. The molecule has 0 fully saturated rings. The van der Waals surface area contributed by atoms with Crippen LogP contribution < -0.4 is 45.1 Å². The zero-order valence-corrected chi connectivity index (χ0v) is 32.6. The molecule has 0 N–H and O–H groups in total. The topological polar surface area (TPSA) is 69.7 Å². The fourth-order valence-electron chi connectivity index (χ4n) is 9.59. The first-order chi connectivity index (χ1) is 29.6. The largest absolute Gasteiger partial charge is 0.486 e. The first-order valence-corrected chi connectivity index (χ1v) is 20.4. The molecule has 2 aromatic heterocycles. The van der Waals surface area contributed by atoms with Gasteiger partial charge < -0.3 is 37.6 Å². The third-order valence-electron chi connectivity index (χ3n) is 12.2. The molecule has 0 aliphatic carbocycles. The summed E-state index contributed by atoms with van der Waals surface area (Å²) in [5.74, 6) is 4.60. The molecule has 8 nitrogen and oxygen atoms in total. The SMILES string of the molecule is Cc1cc2c3c(c1)N(c1ccc4c(c1)OCCO4)c1cc4c(cc1B3c1ccc(-c3cc5ccccc5o3)cc1N2c1cccc(-c2cc3ccccc3o2)c1)OCCO4. The van der Waals surface area contributed by atoms with Crippen molar-refractivity contribution in [2.24, 2.45) is 0 Å². The number of para-hydroxylation sites is 2. The quantitative estimate of drug-likeness (QED) is 0.164. The van der Waals surface area contributed by atoms with Crippen LogP contribution in [0.15, 0.2) is 154 Å². The number of ether oxygens (including phenoxy) is 4. The number of hydrogen-bond donors (Lipinski definition) is 0. The maximum atomic E-state index is 6.50. The van der Waals surface area contributed by atoms with Gasteiger partial charge in [0.15, 0.2) is 23.0 Å². The number of nitrogens with zero attached hydrogens (tertiary/aromatic N) is 2. The fraction of sp³-hybridized carbons (Fsp3) is 0.0980. The Kier molecular flexibility index (Phi) is 7.10. The van der Waals surface area contributed by atoms with Crippen molar-refractivity contribution < 1.29 is 27.8 Å². The van der Waals surface area contributed by atoms with Crippen LogP contribution in [-0.2, 0) is 0 Å². The van der Waals surface area contributed by atoms with Gasteiger partial charge in [-0.05, 0) is 102 Å². The highest BCUT2D eigenvalue weighted by atomic mass is 16.6. The first kappa shape index (κ1) is 33.5. The Labute approximate surface area is 345 Å². The average molecular weight is 783 g/mol. The van der Waals surface area contributed by atoms with Gasteiger partial charge in [-0.15, -0.1) is 0 Å². The lowest BCUT2D eigenvalue weighted by molar-refractivity contribution is 0.171. The van der Waals surface area contributed by atoms with E-state index < -0.39 is 0 Å². The number of benzene rings is 7. The molecule has 9 heteroatoms. The fourth-order valence-corrected chi connectivity index (χ4v) is 9.59. The predicted molar refractivity (Wildman–Crippen MR) is 238 cm³/mol. The van der Waals surface area contributed by atoms with E-state index in [0.29, 0.717) is 26.4 Å². The number of rotatable bonds is 4. The summed E-state index contributed by atoms with van der Waals surface area (Å²) >= 11 is 0. The molecule has 4 aliphatic heterocycles. The van der Waals surface area contributed by atoms with E-state index in [2.05, 4.69) is 120 Å². The van der Waals surface area contributed by atoms with Crippen molar-refractivity contribution in [3.63, 3.8) is 0 Å². The van der Waals surface area contributed by atoms with Gasteiger partial charge >= 0.3 is 0 Å². The van der Waals surface area contributed by atoms with Crippen molar-refractivity contribution in [2.45, 2.75) is 6.92 Å². The normalized spacial score (nSPS) is 14.6. The van der Waals surface area contributed by atoms with E-state index in [-0.39, 0.29) is 6.71 Å². The second kappa shape index (κ2) is 12.7. The molecule has 4 aliphatic rings. The maximum Gasteiger partial charge on any atom is 0.252 e. The van der Waals surface area contributed by atoms with Gasteiger partial charge in [-0.2, -0.15) is 0 Å². The van der Waals surface area contributed by atoms with Gasteiger partial charge in [0.1, 0.15) is 49.1 Å². The Bertz CT molecular complexity index is 3170. The van der Waals surface area contributed by atoms with E-state index in [1.807, 2.05) is 42.5 Å². The van der Waals surface area contributed by atoms with Gasteiger partial charge in [-0.25, -0.2) is 0 Å². The summed E-state index contributed by atoms with van der Waals surface area (Å²) in [6, 6.07) is 51.2. The Morgan fingerprint density at radius 2 is 1.02 bits per heavy atom. The van der Waals surface area contributed by atoms with Crippen LogP contribution in [0, 0.1) is 6.92 Å². The summed E-state index contributed by atoms with van der Waals surface area (Å²) in [7, 11) is 0. The lowest BCUT2D eigenvalue weighted by Crippen LogP contribution is -2.61. The van der Waals surface area contributed by atoms with E-state index >= 15 is 0 Å². The minimum absolute atomic E-state index is 0.135. The van der Waals surface area contributed by atoms with Crippen molar-refractivity contribution in [1.82, 2.24) is 0 Å². The molecule has 13 rings (SSSR count). The Hall–Kier alpha value is -7.52. The van der Waals surface area contributed by atoms with Crippen LogP contribution in [0.2, 0.25) is 0 Å². The number of fused-ring (bicyclic) bond motifs is 8. The molecule has 7 aromatic carbocycles. The van der Waals surface area contributed by atoms with Crippen molar-refractivity contribution >= 4 is 79.2 Å². The first-order valence-electron chi connectivity index (χ1n) is 20.4. The molecule has 6 heterocycles. The molecule has 0 spiro atoms. The third kappa shape index (κ3) is 5.05. The van der Waals surface area contributed by atoms with Gasteiger partial charge in [0.25, 0.3) is 6.71 Å². The minimum atomic E-state index is -0.135. The van der Waals surface area contributed by atoms with Crippen LogP contribution in [0.5, 0.6) is 23.0 Å². The van der Waals surface area contributed by atoms with Gasteiger partial charge in [-0.3, -0.25) is 0 Å². The van der Waals surface area contributed by atoms with E-state index in [1.54, 1.807) is 0 Å². The molecule has 0 unspecified atom stereocenters. The second-order valence-corrected chi connectivity index (χ2v) is 15.8. The molecule has 0 saturated heterocycles. The van der Waals surface area contributed by atoms with Crippen LogP contribution in [0.1, 0.15) is 5.56 Å². The monoisotopic (exact) mass is 782 g/mol. The van der Waals surface area contributed by atoms with E-state index in [9.17, 15) is 0 Å². The smallest absolute Gasteiger partial charge is 0.252 e. The lowest BCUT2D eigenvalue weighted by atomic mass is 9.33. The van der Waals surface area contributed by atoms with Gasteiger partial charge in [-0.1, -0.05) is 60.7 Å². The van der Waals surface area contributed by atoms with Crippen LogP contribution in [-0.4, -0.2) is 33.1 Å². The molecule has 0 atom stereocenters. The third-order valence-corrected chi connectivity index (χ3v) is 12.2. The molecular formula is C51H35BN2O6. The molecule has 0 radical (unpaired) electrons. The lowest BCUT2D eigenvalue weighted by Gasteiger charge is -2.45. The van der Waals surface area contributed by atoms with Gasteiger partial charge in [0, 0.05) is 62.5 Å². The minimum Gasteiger partial charge on any atom is -0.486 e. The highest BCUT2D eigenvalue weighted by molar-refractivity contribution is 7.00. The number of hydrogen-bond acceptors (Lipinski definition) is 8. The zero-order chi connectivity index (χ0) is 39.5. The molecule has 9 aromatic rings. The van der Waals surface area contributed by atoms with Crippen LogP contribution in [0.25, 0.3) is 44.6 Å². The summed E-state index contributed by atoms with van der Waals surface area (Å²) in [4.78, 5) is 4.77. The highest BCUT2D eigenvalue weighted by Gasteiger charge is 2.44. The summed E-state index contributed by atoms with van der Waals surface area (Å²) in [6.45, 7) is 4.06. The van der Waals surface area contributed by atoms with Crippen molar-refractivity contribution in [2.75, 3.05) is 36.2 Å². The Morgan fingerprint density at radius 1 is 0.433 bits per heavy atom. The molecule has 0 saturated carbocycles. The molecule has 60 heavy (non-hydrogen) atoms. The number of anilines is 6. The number of aryl methyl sites for hydroxylation is 1. The molecular weight excluding hydrogens is 747 g/mol. The zero-order valence-electron chi connectivity index (χ0n) is 32.6. The van der Waals surface area contributed by atoms with Crippen LogP contribution >= 0.6 is 0 Å². The van der Waals surface area contributed by atoms with E-state index in [1.165, 1.54) is 10.9 Å². The van der Waals surface area contributed by atoms with Crippen molar-refractivity contribution in [3.8, 4) is 45.6 Å². The molecule has 0 bridgehead atoms. The molecule has 0 amide bonds. The summed E-state index contributed by atoms with van der Waals surface area (Å²) in [6.07, 6.45) is 0. The van der Waals surface area contributed by atoms with Gasteiger partial charge in [0.05, 0.1) is 5.69 Å². The second-order valence-electron chi connectivity index (χ2n) is 15.8. The van der Waals surface area contributed by atoms with E-state index in [0.717, 1.165) is 113 Å². The summed E-state index contributed by atoms with van der Waals surface area (Å²) < 4.78 is 37.6. The Morgan fingerprint density at radius 3 is 1.70 bits per heavy atom. The van der Waals surface area contributed by atoms with Gasteiger partial charge in [0.2, 0.25) is 0 Å². The summed E-state index contributed by atoms with van der Waals surface area (Å²) in [5, 5.41) is 2.14. The molecule has 288 valence electrons. The van der Waals surface area contributed by atoms with Crippen LogP contribution in [0.4, 0.5) is 34.1 Å². The summed E-state index contributed by atoms with van der Waals surface area (Å²) in [5.41, 5.74) is 14.6. The van der Waals surface area contributed by atoms with Crippen LogP contribution in [0.3, 0.4) is 0 Å².